The van der Waals surface area contributed by atoms with Crippen molar-refractivity contribution in [2.45, 2.75) is 63.1 Å². The van der Waals surface area contributed by atoms with Crippen LogP contribution in [0, 0.1) is 0 Å². The van der Waals surface area contributed by atoms with E-state index in [0.717, 1.165) is 38.5 Å². The third-order valence-corrected chi connectivity index (χ3v) is 4.55. The highest BCUT2D eigenvalue weighted by Crippen LogP contribution is 2.39. The highest BCUT2D eigenvalue weighted by atomic mass is 16.7. The second kappa shape index (κ2) is 7.55. The van der Waals surface area contributed by atoms with E-state index in [9.17, 15) is 5.11 Å². The van der Waals surface area contributed by atoms with E-state index in [1.54, 1.807) is 0 Å². The Balaban J connectivity index is 1.48. The molecule has 1 spiro atoms. The molecule has 0 amide bonds. The summed E-state index contributed by atoms with van der Waals surface area (Å²) in [6.45, 7) is 1.30. The van der Waals surface area contributed by atoms with Crippen molar-refractivity contribution < 1.29 is 19.3 Å². The first kappa shape index (κ1) is 15.9. The molecule has 2 aliphatic heterocycles. The third kappa shape index (κ3) is 4.07. The van der Waals surface area contributed by atoms with E-state index in [2.05, 4.69) is 12.1 Å². The summed E-state index contributed by atoms with van der Waals surface area (Å²) in [6, 6.07) is 10.2. The number of hydrogen-bond acceptors (Lipinski definition) is 4. The zero-order valence-electron chi connectivity index (χ0n) is 13.1. The molecule has 122 valence electrons. The van der Waals surface area contributed by atoms with Crippen LogP contribution in [0.5, 0.6) is 0 Å². The first-order valence-corrected chi connectivity index (χ1v) is 8.38. The van der Waals surface area contributed by atoms with Crippen LogP contribution >= 0.6 is 0 Å². The van der Waals surface area contributed by atoms with E-state index in [4.69, 9.17) is 14.2 Å². The van der Waals surface area contributed by atoms with Crippen molar-refractivity contribution in [3.8, 4) is 0 Å². The number of rotatable bonds is 5. The largest absolute Gasteiger partial charge is 0.394 e. The Labute approximate surface area is 132 Å². The summed E-state index contributed by atoms with van der Waals surface area (Å²) in [5.41, 5.74) is 1.18. The molecule has 0 aromatic heterocycles. The summed E-state index contributed by atoms with van der Waals surface area (Å²) in [5, 5.41) is 9.33. The minimum Gasteiger partial charge on any atom is -0.394 e. The normalized spacial score (nSPS) is 32.2. The maximum Gasteiger partial charge on any atom is 0.169 e. The molecule has 3 atom stereocenters. The molecular formula is C18H26O4. The predicted octanol–water partition coefficient (Wildman–Crippen LogP) is 3.03. The van der Waals surface area contributed by atoms with Crippen molar-refractivity contribution in [2.75, 3.05) is 13.2 Å². The summed E-state index contributed by atoms with van der Waals surface area (Å²) in [5.74, 6) is -0.481. The molecule has 1 unspecified atom stereocenters. The Morgan fingerprint density at radius 2 is 1.73 bits per heavy atom. The highest BCUT2D eigenvalue weighted by molar-refractivity contribution is 5.13. The van der Waals surface area contributed by atoms with Gasteiger partial charge in [-0.25, -0.2) is 0 Å². The highest BCUT2D eigenvalue weighted by Gasteiger charge is 2.42. The number of hydrogen-bond donors (Lipinski definition) is 1. The van der Waals surface area contributed by atoms with Gasteiger partial charge in [0.2, 0.25) is 0 Å². The fourth-order valence-corrected chi connectivity index (χ4v) is 3.44. The number of aliphatic hydroxyl groups excluding tert-OH is 1. The molecular weight excluding hydrogens is 280 g/mol. The molecule has 0 aliphatic carbocycles. The molecule has 4 nitrogen and oxygen atoms in total. The summed E-state index contributed by atoms with van der Waals surface area (Å²) in [4.78, 5) is 0. The Kier molecular flexibility index (Phi) is 5.47. The van der Waals surface area contributed by atoms with E-state index in [1.165, 1.54) is 5.56 Å². The Bertz CT molecular complexity index is 446. The topological polar surface area (TPSA) is 47.9 Å². The zero-order valence-corrected chi connectivity index (χ0v) is 13.1. The molecule has 22 heavy (non-hydrogen) atoms. The van der Waals surface area contributed by atoms with Crippen molar-refractivity contribution in [3.05, 3.63) is 35.9 Å². The van der Waals surface area contributed by atoms with Gasteiger partial charge in [0.05, 0.1) is 32.0 Å². The van der Waals surface area contributed by atoms with Gasteiger partial charge in [-0.3, -0.25) is 0 Å². The molecule has 2 heterocycles. The molecule has 2 saturated heterocycles. The Morgan fingerprint density at radius 3 is 2.45 bits per heavy atom. The quantitative estimate of drug-likeness (QED) is 0.908. The van der Waals surface area contributed by atoms with Crippen molar-refractivity contribution in [3.63, 3.8) is 0 Å². The zero-order chi connectivity index (χ0) is 15.3. The van der Waals surface area contributed by atoms with Gasteiger partial charge in [-0.05, 0) is 31.2 Å². The van der Waals surface area contributed by atoms with Gasteiger partial charge in [0.15, 0.2) is 5.79 Å². The Hall–Kier alpha value is -0.940. The molecule has 0 radical (unpaired) electrons. The molecule has 3 rings (SSSR count). The van der Waals surface area contributed by atoms with E-state index in [0.29, 0.717) is 13.2 Å². The molecule has 1 N–H and O–H groups in total. The van der Waals surface area contributed by atoms with Crippen LogP contribution in [0.2, 0.25) is 0 Å². The lowest BCUT2D eigenvalue weighted by Crippen LogP contribution is -2.49. The maximum absolute atomic E-state index is 9.33. The minimum atomic E-state index is -0.481. The van der Waals surface area contributed by atoms with Crippen LogP contribution in [-0.4, -0.2) is 36.3 Å². The first-order chi connectivity index (χ1) is 10.8. The predicted molar refractivity (Wildman–Crippen MR) is 83.4 cm³/mol. The van der Waals surface area contributed by atoms with Crippen molar-refractivity contribution in [1.29, 1.82) is 0 Å². The van der Waals surface area contributed by atoms with Crippen molar-refractivity contribution in [1.82, 2.24) is 0 Å². The van der Waals surface area contributed by atoms with Crippen LogP contribution in [-0.2, 0) is 20.8 Å². The summed E-state index contributed by atoms with van der Waals surface area (Å²) in [7, 11) is 0. The van der Waals surface area contributed by atoms with Gasteiger partial charge in [-0.1, -0.05) is 30.3 Å². The molecule has 0 saturated carbocycles. The molecule has 1 aromatic carbocycles. The van der Waals surface area contributed by atoms with Crippen molar-refractivity contribution >= 4 is 0 Å². The first-order valence-electron chi connectivity index (χ1n) is 8.38. The fraction of sp³-hybridized carbons (Fsp3) is 0.667. The van der Waals surface area contributed by atoms with E-state index < -0.39 is 5.79 Å². The van der Waals surface area contributed by atoms with Gasteiger partial charge >= 0.3 is 0 Å². The van der Waals surface area contributed by atoms with Gasteiger partial charge in [0.1, 0.15) is 0 Å². The van der Waals surface area contributed by atoms with Crippen LogP contribution in [0.1, 0.15) is 44.1 Å². The van der Waals surface area contributed by atoms with Crippen LogP contribution in [0.3, 0.4) is 0 Å². The second-order valence-electron chi connectivity index (χ2n) is 6.36. The van der Waals surface area contributed by atoms with Crippen LogP contribution in [0.25, 0.3) is 0 Å². The lowest BCUT2D eigenvalue weighted by Gasteiger charge is -2.45. The summed E-state index contributed by atoms with van der Waals surface area (Å²) in [6.07, 6.45) is 5.98. The molecule has 0 bridgehead atoms. The van der Waals surface area contributed by atoms with Gasteiger partial charge in [-0.2, -0.15) is 0 Å². The fourth-order valence-electron chi connectivity index (χ4n) is 3.44. The molecule has 2 fully saturated rings. The standard InChI is InChI=1S/C18H26O4/c19-12-16-8-4-10-18(21-16)11-5-9-17(22-18)14-20-13-15-6-2-1-3-7-15/h1-3,6-7,16-17,19H,4-5,8-14H2/t16-,17-,18?/m0/s1. The smallest absolute Gasteiger partial charge is 0.169 e. The van der Waals surface area contributed by atoms with E-state index >= 15 is 0 Å². The molecule has 1 aromatic rings. The lowest BCUT2D eigenvalue weighted by atomic mass is 9.93. The van der Waals surface area contributed by atoms with Gasteiger partial charge in [0.25, 0.3) is 0 Å². The van der Waals surface area contributed by atoms with Gasteiger partial charge < -0.3 is 19.3 Å². The van der Waals surface area contributed by atoms with Gasteiger partial charge in [-0.15, -0.1) is 0 Å². The van der Waals surface area contributed by atoms with Crippen LogP contribution in [0.4, 0.5) is 0 Å². The average Bonchev–Trinajstić information content (AvgIpc) is 2.56. The monoisotopic (exact) mass is 306 g/mol. The minimum absolute atomic E-state index is 0.0715. The average molecular weight is 306 g/mol. The summed E-state index contributed by atoms with van der Waals surface area (Å²) >= 11 is 0. The summed E-state index contributed by atoms with van der Waals surface area (Å²) < 4.78 is 18.1. The maximum atomic E-state index is 9.33. The van der Waals surface area contributed by atoms with Crippen LogP contribution < -0.4 is 0 Å². The molecule has 4 heteroatoms. The van der Waals surface area contributed by atoms with Crippen LogP contribution in [0.15, 0.2) is 30.3 Å². The lowest BCUT2D eigenvalue weighted by molar-refractivity contribution is -0.322. The van der Waals surface area contributed by atoms with Crippen molar-refractivity contribution in [2.24, 2.45) is 0 Å². The van der Waals surface area contributed by atoms with E-state index in [1.807, 2.05) is 18.2 Å². The number of benzene rings is 1. The Morgan fingerprint density at radius 1 is 1.05 bits per heavy atom. The third-order valence-electron chi connectivity index (χ3n) is 4.55. The van der Waals surface area contributed by atoms with E-state index in [-0.39, 0.29) is 18.8 Å². The van der Waals surface area contributed by atoms with Gasteiger partial charge in [0, 0.05) is 12.8 Å². The second-order valence-corrected chi connectivity index (χ2v) is 6.36. The SMILES string of the molecule is OC[C@@H]1CCCC2(CCC[C@@H](COCc3ccccc3)O2)O1. The number of aliphatic hydroxyl groups is 1. The molecule has 2 aliphatic rings. The number of ether oxygens (including phenoxy) is 3.